The Kier molecular flexibility index (Phi) is 4.89. The number of fused-ring (bicyclic) bond motifs is 1. The van der Waals surface area contributed by atoms with Crippen LogP contribution in [-0.4, -0.2) is 23.4 Å². The minimum atomic E-state index is -0.600. The minimum Gasteiger partial charge on any atom is -0.481 e. The maximum Gasteiger partial charge on any atom is 0.276 e. The molecule has 0 radical (unpaired) electrons. The van der Waals surface area contributed by atoms with E-state index in [4.69, 9.17) is 4.74 Å². The van der Waals surface area contributed by atoms with Gasteiger partial charge in [0.25, 0.3) is 11.8 Å². The number of halogens is 1. The molecule has 142 valence electrons. The molecule has 1 aromatic heterocycles. The van der Waals surface area contributed by atoms with Crippen LogP contribution >= 0.6 is 0 Å². The number of nitrogens with one attached hydrogen (secondary N) is 2. The molecule has 1 fully saturated rings. The maximum absolute atomic E-state index is 13.5. The Morgan fingerprint density at radius 1 is 1.07 bits per heavy atom. The normalized spacial score (nSPS) is 13.2. The summed E-state index contributed by atoms with van der Waals surface area (Å²) in [5.74, 6) is -1.24. The van der Waals surface area contributed by atoms with Gasteiger partial charge < -0.3 is 4.74 Å². The molecule has 4 rings (SSSR count). The minimum absolute atomic E-state index is 0.0295. The first kappa shape index (κ1) is 17.9. The van der Waals surface area contributed by atoms with E-state index < -0.39 is 24.2 Å². The van der Waals surface area contributed by atoms with Crippen LogP contribution in [0.25, 0.3) is 10.9 Å². The van der Waals surface area contributed by atoms with Crippen molar-refractivity contribution in [2.75, 3.05) is 6.61 Å². The van der Waals surface area contributed by atoms with E-state index in [1.165, 1.54) is 18.2 Å². The van der Waals surface area contributed by atoms with E-state index in [9.17, 15) is 14.0 Å². The lowest BCUT2D eigenvalue weighted by atomic mass is 10.1. The fraction of sp³-hybridized carbons (Fsp3) is 0.190. The monoisotopic (exact) mass is 379 g/mol. The molecule has 2 N–H and O–H groups in total. The van der Waals surface area contributed by atoms with Gasteiger partial charge >= 0.3 is 0 Å². The summed E-state index contributed by atoms with van der Waals surface area (Å²) in [4.78, 5) is 29.2. The predicted molar refractivity (Wildman–Crippen MR) is 101 cm³/mol. The largest absolute Gasteiger partial charge is 0.481 e. The highest BCUT2D eigenvalue weighted by molar-refractivity contribution is 6.06. The molecular weight excluding hydrogens is 361 g/mol. The molecule has 0 bridgehead atoms. The van der Waals surface area contributed by atoms with E-state index in [1.54, 1.807) is 12.1 Å². The summed E-state index contributed by atoms with van der Waals surface area (Å²) in [7, 11) is 0. The van der Waals surface area contributed by atoms with E-state index in [1.807, 2.05) is 24.3 Å². The first-order valence-electron chi connectivity index (χ1n) is 8.98. The zero-order valence-corrected chi connectivity index (χ0v) is 14.9. The van der Waals surface area contributed by atoms with Crippen molar-refractivity contribution in [3.05, 3.63) is 71.7 Å². The summed E-state index contributed by atoms with van der Waals surface area (Å²) in [5.41, 5.74) is 6.76. The molecule has 7 heteroatoms. The van der Waals surface area contributed by atoms with Crippen molar-refractivity contribution in [1.29, 1.82) is 0 Å². The molecule has 0 atom stereocenters. The molecule has 0 saturated heterocycles. The van der Waals surface area contributed by atoms with Gasteiger partial charge in [-0.15, -0.1) is 0 Å². The number of aromatic nitrogens is 1. The van der Waals surface area contributed by atoms with Crippen molar-refractivity contribution >= 4 is 22.7 Å². The van der Waals surface area contributed by atoms with Gasteiger partial charge in [-0.25, -0.2) is 4.39 Å². The van der Waals surface area contributed by atoms with Crippen LogP contribution in [-0.2, 0) is 4.79 Å². The number of pyridine rings is 1. The Hall–Kier alpha value is -3.48. The van der Waals surface area contributed by atoms with Gasteiger partial charge in [-0.3, -0.25) is 25.4 Å². The lowest BCUT2D eigenvalue weighted by molar-refractivity contribution is -0.123. The summed E-state index contributed by atoms with van der Waals surface area (Å²) in [6.45, 7) is -0.425. The van der Waals surface area contributed by atoms with Crippen molar-refractivity contribution in [2.45, 2.75) is 18.8 Å². The molecule has 28 heavy (non-hydrogen) atoms. The SMILES string of the molecule is O=C(COc1ccccc1F)NNC(=O)c1cc(C2CC2)nc2ccccc12. The molecule has 2 aromatic carbocycles. The molecule has 0 unspecified atom stereocenters. The Morgan fingerprint density at radius 3 is 2.61 bits per heavy atom. The number of amides is 2. The van der Waals surface area contributed by atoms with Gasteiger partial charge in [0.1, 0.15) is 0 Å². The Bertz CT molecular complexity index is 1050. The third-order valence-electron chi connectivity index (χ3n) is 4.49. The van der Waals surface area contributed by atoms with Crippen LogP contribution in [0.3, 0.4) is 0 Å². The van der Waals surface area contributed by atoms with Gasteiger partial charge in [-0.1, -0.05) is 30.3 Å². The van der Waals surface area contributed by atoms with Crippen molar-refractivity contribution in [1.82, 2.24) is 15.8 Å². The molecule has 0 aliphatic heterocycles. The van der Waals surface area contributed by atoms with Crippen LogP contribution in [0.4, 0.5) is 4.39 Å². The zero-order valence-electron chi connectivity index (χ0n) is 14.9. The fourth-order valence-corrected chi connectivity index (χ4v) is 2.91. The summed E-state index contributed by atoms with van der Waals surface area (Å²) >= 11 is 0. The average molecular weight is 379 g/mol. The van der Waals surface area contributed by atoms with Crippen molar-refractivity contribution in [3.63, 3.8) is 0 Å². The van der Waals surface area contributed by atoms with Gasteiger partial charge in [0, 0.05) is 17.0 Å². The molecule has 1 saturated carbocycles. The number of ether oxygens (including phenoxy) is 1. The molecule has 1 aliphatic carbocycles. The lowest BCUT2D eigenvalue weighted by Crippen LogP contribution is -2.44. The van der Waals surface area contributed by atoms with Gasteiger partial charge in [0.15, 0.2) is 18.2 Å². The highest BCUT2D eigenvalue weighted by Gasteiger charge is 2.27. The van der Waals surface area contributed by atoms with E-state index in [0.717, 1.165) is 24.1 Å². The van der Waals surface area contributed by atoms with Crippen molar-refractivity contribution < 1.29 is 18.7 Å². The van der Waals surface area contributed by atoms with E-state index in [2.05, 4.69) is 15.8 Å². The van der Waals surface area contributed by atoms with E-state index in [-0.39, 0.29) is 5.75 Å². The Morgan fingerprint density at radius 2 is 1.82 bits per heavy atom. The molecule has 2 amide bonds. The van der Waals surface area contributed by atoms with Crippen molar-refractivity contribution in [2.24, 2.45) is 0 Å². The first-order chi connectivity index (χ1) is 13.6. The third-order valence-corrected chi connectivity index (χ3v) is 4.49. The molecule has 1 aliphatic rings. The first-order valence-corrected chi connectivity index (χ1v) is 8.98. The van der Waals surface area contributed by atoms with Gasteiger partial charge in [-0.05, 0) is 37.1 Å². The Balaban J connectivity index is 1.42. The lowest BCUT2D eigenvalue weighted by Gasteiger charge is -2.11. The van der Waals surface area contributed by atoms with Crippen LogP contribution in [0.1, 0.15) is 34.8 Å². The average Bonchev–Trinajstić information content (AvgIpc) is 3.56. The second kappa shape index (κ2) is 7.64. The number of benzene rings is 2. The number of para-hydroxylation sites is 2. The molecular formula is C21H18FN3O3. The maximum atomic E-state index is 13.5. The van der Waals surface area contributed by atoms with Crippen LogP contribution in [0.2, 0.25) is 0 Å². The summed E-state index contributed by atoms with van der Waals surface area (Å²) in [6, 6.07) is 14.9. The third kappa shape index (κ3) is 3.93. The number of nitrogens with zero attached hydrogens (tertiary/aromatic N) is 1. The summed E-state index contributed by atoms with van der Waals surface area (Å²) in [6.07, 6.45) is 2.13. The quantitative estimate of drug-likeness (QED) is 0.668. The number of rotatable bonds is 5. The topological polar surface area (TPSA) is 80.3 Å². The predicted octanol–water partition coefficient (Wildman–Crippen LogP) is 3.09. The second-order valence-corrected chi connectivity index (χ2v) is 6.61. The van der Waals surface area contributed by atoms with Crippen molar-refractivity contribution in [3.8, 4) is 5.75 Å². The Labute approximate surface area is 160 Å². The standard InChI is InChI=1S/C21H18FN3O3/c22-16-6-2-4-8-19(16)28-12-20(26)24-25-21(27)15-11-18(13-9-10-13)23-17-7-3-1-5-14(15)17/h1-8,11,13H,9-10,12H2,(H,24,26)(H,25,27). The number of carbonyl (C=O) groups excluding carboxylic acids is 2. The van der Waals surface area contributed by atoms with Gasteiger partial charge in [0.2, 0.25) is 0 Å². The molecule has 1 heterocycles. The highest BCUT2D eigenvalue weighted by Crippen LogP contribution is 2.40. The highest BCUT2D eigenvalue weighted by atomic mass is 19.1. The smallest absolute Gasteiger partial charge is 0.276 e. The van der Waals surface area contributed by atoms with Crippen LogP contribution in [0.5, 0.6) is 5.75 Å². The van der Waals surface area contributed by atoms with Crippen LogP contribution in [0.15, 0.2) is 54.6 Å². The zero-order chi connectivity index (χ0) is 19.5. The fourth-order valence-electron chi connectivity index (χ4n) is 2.91. The van der Waals surface area contributed by atoms with E-state index in [0.29, 0.717) is 16.9 Å². The number of carbonyl (C=O) groups is 2. The number of hydrogen-bond donors (Lipinski definition) is 2. The van der Waals surface area contributed by atoms with E-state index >= 15 is 0 Å². The van der Waals surface area contributed by atoms with Crippen LogP contribution < -0.4 is 15.6 Å². The summed E-state index contributed by atoms with van der Waals surface area (Å²) < 4.78 is 18.6. The second-order valence-electron chi connectivity index (χ2n) is 6.61. The number of hydrazine groups is 1. The molecule has 3 aromatic rings. The molecule has 6 nitrogen and oxygen atoms in total. The summed E-state index contributed by atoms with van der Waals surface area (Å²) in [5, 5.41) is 0.709. The van der Waals surface area contributed by atoms with Gasteiger partial charge in [0.05, 0.1) is 11.1 Å². The number of hydrogen-bond acceptors (Lipinski definition) is 4. The van der Waals surface area contributed by atoms with Gasteiger partial charge in [-0.2, -0.15) is 0 Å². The van der Waals surface area contributed by atoms with Crippen LogP contribution in [0, 0.1) is 5.82 Å². The molecule has 0 spiro atoms.